The van der Waals surface area contributed by atoms with Crippen LogP contribution in [0.5, 0.6) is 11.6 Å². The molecule has 2 saturated heterocycles. The normalized spacial score (nSPS) is 17.0. The molecule has 3 aromatic heterocycles. The Morgan fingerprint density at radius 3 is 2.48 bits per heavy atom. The minimum atomic E-state index is -1.01. The van der Waals surface area contributed by atoms with Gasteiger partial charge in [-0.15, -0.1) is 0 Å². The van der Waals surface area contributed by atoms with Crippen molar-refractivity contribution < 1.29 is 38.2 Å². The molecular formula is C42H40N6O8. The van der Waals surface area contributed by atoms with E-state index in [-0.39, 0.29) is 42.6 Å². The van der Waals surface area contributed by atoms with Gasteiger partial charge in [0, 0.05) is 72.2 Å². The molecule has 14 heteroatoms. The second kappa shape index (κ2) is 15.4. The predicted molar refractivity (Wildman–Crippen MR) is 205 cm³/mol. The fraction of sp³-hybridized carbons (Fsp3) is 0.310. The Morgan fingerprint density at radius 2 is 1.68 bits per heavy atom. The van der Waals surface area contributed by atoms with Crippen molar-refractivity contribution in [2.24, 2.45) is 7.05 Å². The number of imide groups is 2. The summed E-state index contributed by atoms with van der Waals surface area (Å²) in [5, 5.41) is 4.47. The smallest absolute Gasteiger partial charge is 0.262 e. The van der Waals surface area contributed by atoms with E-state index in [1.165, 1.54) is 12.1 Å². The summed E-state index contributed by atoms with van der Waals surface area (Å²) in [4.78, 5) is 74.0. The summed E-state index contributed by atoms with van der Waals surface area (Å²) in [6.07, 6.45) is 7.80. The molecule has 1 N–H and O–H groups in total. The van der Waals surface area contributed by atoms with Crippen LogP contribution in [0.15, 0.2) is 85.3 Å². The van der Waals surface area contributed by atoms with Crippen LogP contribution in [-0.4, -0.2) is 98.9 Å². The molecule has 5 aromatic rings. The highest BCUT2D eigenvalue weighted by Gasteiger charge is 2.44. The number of amides is 5. The number of nitrogens with one attached hydrogen (secondary N) is 1. The molecule has 3 aliphatic heterocycles. The number of pyridine rings is 2. The summed E-state index contributed by atoms with van der Waals surface area (Å²) in [5.74, 6) is -1.41. The third kappa shape index (κ3) is 7.10. The molecule has 0 spiro atoms. The van der Waals surface area contributed by atoms with Gasteiger partial charge in [-0.3, -0.25) is 39.2 Å². The zero-order valence-electron chi connectivity index (χ0n) is 30.9. The Morgan fingerprint density at radius 1 is 0.875 bits per heavy atom. The van der Waals surface area contributed by atoms with Gasteiger partial charge in [-0.05, 0) is 67.6 Å². The second-order valence-corrected chi connectivity index (χ2v) is 14.2. The molecule has 1 unspecified atom stereocenters. The number of piperidine rings is 1. The molecule has 286 valence electrons. The number of fused-ring (bicyclic) bond motifs is 4. The van der Waals surface area contributed by atoms with Gasteiger partial charge >= 0.3 is 0 Å². The lowest BCUT2D eigenvalue weighted by atomic mass is 10.0. The molecule has 2 aromatic carbocycles. The number of aromatic nitrogens is 3. The topological polar surface area (TPSA) is 162 Å². The largest absolute Gasteiger partial charge is 0.494 e. The van der Waals surface area contributed by atoms with Gasteiger partial charge in [-0.2, -0.15) is 0 Å². The summed E-state index contributed by atoms with van der Waals surface area (Å²) in [5.41, 5.74) is 5.06. The number of likely N-dealkylation sites (tertiary alicyclic amines) is 1. The van der Waals surface area contributed by atoms with Gasteiger partial charge in [0.1, 0.15) is 17.9 Å². The van der Waals surface area contributed by atoms with Crippen molar-refractivity contribution in [3.63, 3.8) is 0 Å². The van der Waals surface area contributed by atoms with Gasteiger partial charge in [-0.25, -0.2) is 4.98 Å². The first-order chi connectivity index (χ1) is 27.2. The average molecular weight is 757 g/mol. The molecule has 2 fully saturated rings. The highest BCUT2D eigenvalue weighted by atomic mass is 16.5. The minimum Gasteiger partial charge on any atom is -0.494 e. The van der Waals surface area contributed by atoms with Crippen LogP contribution >= 0.6 is 0 Å². The van der Waals surface area contributed by atoms with E-state index < -0.39 is 29.7 Å². The van der Waals surface area contributed by atoms with E-state index in [0.717, 1.165) is 57.1 Å². The number of benzene rings is 2. The van der Waals surface area contributed by atoms with Gasteiger partial charge in [0.25, 0.3) is 17.7 Å². The van der Waals surface area contributed by atoms with Crippen LogP contribution in [0.3, 0.4) is 0 Å². The Hall–Kier alpha value is -6.41. The molecule has 14 nitrogen and oxygen atoms in total. The number of hydrogen-bond acceptors (Lipinski definition) is 10. The molecule has 0 radical (unpaired) electrons. The van der Waals surface area contributed by atoms with Crippen molar-refractivity contribution in [1.29, 1.82) is 0 Å². The Labute approximate surface area is 322 Å². The fourth-order valence-corrected chi connectivity index (χ4v) is 7.40. The lowest BCUT2D eigenvalue weighted by Gasteiger charge is -2.39. The Bertz CT molecular complexity index is 2400. The number of carbonyl (C=O) groups excluding carboxylic acids is 5. The summed E-state index contributed by atoms with van der Waals surface area (Å²) in [6, 6.07) is 15.9. The lowest BCUT2D eigenvalue weighted by Crippen LogP contribution is -2.56. The van der Waals surface area contributed by atoms with Crippen LogP contribution in [-0.2, 0) is 26.2 Å². The van der Waals surface area contributed by atoms with Gasteiger partial charge < -0.3 is 23.7 Å². The number of unbranched alkanes of at least 4 members (excludes halogenated alkanes) is 2. The van der Waals surface area contributed by atoms with Gasteiger partial charge in [-0.1, -0.05) is 18.7 Å². The Kier molecular flexibility index (Phi) is 10.0. The SMILES string of the molecule is C=C(COCCCCCOc1ccc2c(c1)C(=O)N(C1CCC(=O)NC1=O)C2=O)C(=O)N1CC(Oc2ccc(-c3ccc4c5cnccc5n(C)c4c3)cn2)C1. The number of hydrogen-bond donors (Lipinski definition) is 1. The van der Waals surface area contributed by atoms with Crippen LogP contribution in [0.4, 0.5) is 0 Å². The first kappa shape index (κ1) is 36.6. The van der Waals surface area contributed by atoms with Gasteiger partial charge in [0.2, 0.25) is 17.7 Å². The molecule has 1 atom stereocenters. The maximum Gasteiger partial charge on any atom is 0.262 e. The van der Waals surface area contributed by atoms with Gasteiger partial charge in [0.15, 0.2) is 0 Å². The highest BCUT2D eigenvalue weighted by molar-refractivity contribution is 6.23. The van der Waals surface area contributed by atoms with Crippen molar-refractivity contribution in [1.82, 2.24) is 29.7 Å². The molecule has 56 heavy (non-hydrogen) atoms. The monoisotopic (exact) mass is 756 g/mol. The van der Waals surface area contributed by atoms with Crippen molar-refractivity contribution in [3.8, 4) is 22.8 Å². The van der Waals surface area contributed by atoms with Crippen LogP contribution in [0, 0.1) is 0 Å². The van der Waals surface area contributed by atoms with E-state index in [1.54, 1.807) is 23.4 Å². The molecule has 0 saturated carbocycles. The van der Waals surface area contributed by atoms with Crippen molar-refractivity contribution in [2.45, 2.75) is 44.2 Å². The first-order valence-corrected chi connectivity index (χ1v) is 18.6. The molecule has 8 rings (SSSR count). The third-order valence-electron chi connectivity index (χ3n) is 10.5. The number of nitrogens with zero attached hydrogens (tertiary/aromatic N) is 5. The zero-order chi connectivity index (χ0) is 38.9. The fourth-order valence-electron chi connectivity index (χ4n) is 7.40. The summed E-state index contributed by atoms with van der Waals surface area (Å²) in [6.45, 7) is 5.80. The van der Waals surface area contributed by atoms with E-state index in [2.05, 4.69) is 51.7 Å². The van der Waals surface area contributed by atoms with Crippen molar-refractivity contribution in [3.05, 3.63) is 96.5 Å². The maximum atomic E-state index is 13.0. The quantitative estimate of drug-likeness (QED) is 0.0963. The predicted octanol–water partition coefficient (Wildman–Crippen LogP) is 4.60. The molecule has 0 aliphatic carbocycles. The highest BCUT2D eigenvalue weighted by Crippen LogP contribution is 2.33. The average Bonchev–Trinajstić information content (AvgIpc) is 3.61. The molecule has 3 aliphatic rings. The minimum absolute atomic E-state index is 0.0620. The third-order valence-corrected chi connectivity index (χ3v) is 10.5. The summed E-state index contributed by atoms with van der Waals surface area (Å²) >= 11 is 0. The van der Waals surface area contributed by atoms with E-state index in [9.17, 15) is 24.0 Å². The standard InChI is InChI=1S/C42H40N6O8/c1-25(24-54-16-4-3-5-17-55-28-8-10-31-32(19-28)42(53)48(41(31)52)35-11-12-37(49)45-39(35)50)40(51)47-22-29(23-47)56-38-13-7-27(20-44-38)26-6-9-30-33-21-43-15-14-34(33)46(2)36(30)18-26/h6-10,13-15,18-21,29,35H,1,3-5,11-12,16-17,22-24H2,2H3,(H,45,49,50). The van der Waals surface area contributed by atoms with Crippen molar-refractivity contribution >= 4 is 51.3 Å². The number of ether oxygens (including phenoxy) is 3. The number of carbonyl (C=O) groups is 5. The van der Waals surface area contributed by atoms with Crippen LogP contribution in [0.1, 0.15) is 52.8 Å². The molecular weight excluding hydrogens is 716 g/mol. The molecule has 0 bridgehead atoms. The number of rotatable bonds is 14. The second-order valence-electron chi connectivity index (χ2n) is 14.2. The molecule has 6 heterocycles. The lowest BCUT2D eigenvalue weighted by molar-refractivity contribution is -0.137. The van der Waals surface area contributed by atoms with E-state index in [1.807, 2.05) is 24.4 Å². The summed E-state index contributed by atoms with van der Waals surface area (Å²) in [7, 11) is 2.06. The van der Waals surface area contributed by atoms with E-state index in [4.69, 9.17) is 14.2 Å². The van der Waals surface area contributed by atoms with Crippen LogP contribution in [0.25, 0.3) is 32.9 Å². The van der Waals surface area contributed by atoms with Crippen molar-refractivity contribution in [2.75, 3.05) is 32.9 Å². The molecule has 5 amide bonds. The van der Waals surface area contributed by atoms with E-state index in [0.29, 0.717) is 43.5 Å². The van der Waals surface area contributed by atoms with Crippen LogP contribution in [0.2, 0.25) is 0 Å². The van der Waals surface area contributed by atoms with Gasteiger partial charge in [0.05, 0.1) is 42.9 Å². The maximum absolute atomic E-state index is 13.0. The summed E-state index contributed by atoms with van der Waals surface area (Å²) < 4.78 is 19.7. The first-order valence-electron chi connectivity index (χ1n) is 18.6. The van der Waals surface area contributed by atoms with Crippen LogP contribution < -0.4 is 14.8 Å². The Balaban J connectivity index is 0.710. The van der Waals surface area contributed by atoms with E-state index >= 15 is 0 Å². The number of aryl methyl sites for hydroxylation is 1. The zero-order valence-corrected chi connectivity index (χ0v) is 30.9.